The second kappa shape index (κ2) is 12.9. The Kier molecular flexibility index (Phi) is 9.64. The van der Waals surface area contributed by atoms with E-state index in [9.17, 15) is 28.2 Å². The number of methoxy groups -OCH3 is 1. The summed E-state index contributed by atoms with van der Waals surface area (Å²) in [7, 11) is -3.48. The maximum absolute atomic E-state index is 13.0. The summed E-state index contributed by atoms with van der Waals surface area (Å²) >= 11 is 5.93. The van der Waals surface area contributed by atoms with Crippen molar-refractivity contribution in [3.05, 3.63) is 57.5 Å². The zero-order valence-electron chi connectivity index (χ0n) is 23.8. The first-order chi connectivity index (χ1) is 20.7. The molecule has 236 valence electrons. The molecule has 2 aromatic rings. The summed E-state index contributed by atoms with van der Waals surface area (Å²) < 4.78 is 53.9. The Balaban J connectivity index is 1.62. The zero-order valence-corrected chi connectivity index (χ0v) is 25.4. The van der Waals surface area contributed by atoms with E-state index in [1.807, 2.05) is 5.48 Å². The highest BCUT2D eigenvalue weighted by Crippen LogP contribution is 2.43. The van der Waals surface area contributed by atoms with Crippen molar-refractivity contribution in [1.29, 1.82) is 0 Å². The normalized spacial score (nSPS) is 23.4. The minimum Gasteiger partial charge on any atom is -0.505 e. The molecule has 4 N–H and O–H groups in total. The van der Waals surface area contributed by atoms with Crippen LogP contribution in [0.5, 0.6) is 11.5 Å². The number of ether oxygens (including phenoxy) is 4. The largest absolute Gasteiger partial charge is 0.505 e. The van der Waals surface area contributed by atoms with E-state index in [1.165, 1.54) is 38.3 Å². The maximum atomic E-state index is 13.0. The molecule has 44 heavy (non-hydrogen) atoms. The van der Waals surface area contributed by atoms with Crippen LogP contribution in [0.15, 0.2) is 41.3 Å². The van der Waals surface area contributed by atoms with Gasteiger partial charge in [-0.1, -0.05) is 23.6 Å². The molecule has 4 atom stereocenters. The molecule has 0 saturated carbocycles. The summed E-state index contributed by atoms with van der Waals surface area (Å²) in [5, 5.41) is 24.7. The Labute approximate surface area is 257 Å². The zero-order chi connectivity index (χ0) is 32.4. The Morgan fingerprint density at radius 1 is 1.23 bits per heavy atom. The van der Waals surface area contributed by atoms with Crippen LogP contribution in [0.4, 0.5) is 10.5 Å². The monoisotopic (exact) mass is 652 g/mol. The van der Waals surface area contributed by atoms with Gasteiger partial charge in [0.15, 0.2) is 23.7 Å². The highest BCUT2D eigenvalue weighted by molar-refractivity contribution is 7.92. The number of fused-ring (bicyclic) bond motifs is 1. The van der Waals surface area contributed by atoms with E-state index in [-0.39, 0.29) is 34.9 Å². The van der Waals surface area contributed by atoms with Gasteiger partial charge in [0, 0.05) is 23.4 Å². The van der Waals surface area contributed by atoms with Crippen molar-refractivity contribution in [2.45, 2.75) is 51.0 Å². The van der Waals surface area contributed by atoms with Gasteiger partial charge in [0.1, 0.15) is 18.5 Å². The summed E-state index contributed by atoms with van der Waals surface area (Å²) in [6.45, 7) is 4.42. The predicted octanol–water partition coefficient (Wildman–Crippen LogP) is 2.79. The number of carbonyl (C=O) groups excluding carboxylic acids is 2. The fraction of sp³-hybridized carbons (Fsp3) is 0.357. The van der Waals surface area contributed by atoms with Crippen LogP contribution in [0, 0.1) is 19.3 Å². The molecule has 0 aromatic heterocycles. The smallest absolute Gasteiger partial charge is 0.431 e. The number of hydrogen-bond acceptors (Lipinski definition) is 12. The number of hydrogen-bond donors (Lipinski definition) is 4. The number of amides is 2. The molecule has 2 aliphatic heterocycles. The van der Waals surface area contributed by atoms with Crippen molar-refractivity contribution < 1.29 is 56.2 Å². The molecule has 0 spiro atoms. The molecule has 0 bridgehead atoms. The number of nitrogens with one attached hydrogen (secondary N) is 2. The average Bonchev–Trinajstić information content (AvgIpc) is 2.93. The highest BCUT2D eigenvalue weighted by atomic mass is 35.5. The van der Waals surface area contributed by atoms with Crippen LogP contribution in [-0.2, 0) is 34.0 Å². The molecule has 0 unspecified atom stereocenters. The molecule has 2 aromatic carbocycles. The molecule has 1 fully saturated rings. The van der Waals surface area contributed by atoms with Crippen LogP contribution in [0.2, 0.25) is 5.02 Å². The lowest BCUT2D eigenvalue weighted by atomic mass is 9.89. The predicted molar refractivity (Wildman–Crippen MR) is 155 cm³/mol. The quantitative estimate of drug-likeness (QED) is 0.141. The fourth-order valence-electron chi connectivity index (χ4n) is 4.68. The number of aliphatic hydroxyl groups excluding tert-OH is 2. The van der Waals surface area contributed by atoms with Crippen molar-refractivity contribution in [3.8, 4) is 23.8 Å². The van der Waals surface area contributed by atoms with Crippen molar-refractivity contribution in [3.63, 3.8) is 0 Å². The van der Waals surface area contributed by atoms with E-state index in [1.54, 1.807) is 26.0 Å². The molecule has 2 aliphatic rings. The highest BCUT2D eigenvalue weighted by Gasteiger charge is 2.53. The Bertz CT molecular complexity index is 1640. The molecular formula is C28H29ClN2O12S. The number of halogens is 1. The van der Waals surface area contributed by atoms with Gasteiger partial charge in [-0.15, -0.1) is 6.42 Å². The van der Waals surface area contributed by atoms with E-state index in [0.717, 1.165) is 0 Å². The van der Waals surface area contributed by atoms with Crippen LogP contribution in [-0.4, -0.2) is 74.6 Å². The molecule has 16 heteroatoms. The third-order valence-electron chi connectivity index (χ3n) is 6.63. The Morgan fingerprint density at radius 2 is 1.95 bits per heavy atom. The Morgan fingerprint density at radius 3 is 2.61 bits per heavy atom. The van der Waals surface area contributed by atoms with Gasteiger partial charge in [-0.2, -0.15) is 13.9 Å². The average molecular weight is 653 g/mol. The van der Waals surface area contributed by atoms with Crippen LogP contribution in [0.25, 0.3) is 5.76 Å². The molecule has 4 rings (SSSR count). The number of carbonyl (C=O) groups is 2. The SMILES string of the molecule is C#CCONC(=O)O[C@H]1[C@@H](O)[C@H](Oc2ccc3c(c2C)OS(=O)(=O)C(C(=O)Nc2cccc(Cl)c2)=C3O)OC(C)(C)[C@@H]1OC. The van der Waals surface area contributed by atoms with Crippen LogP contribution >= 0.6 is 11.6 Å². The molecule has 14 nitrogen and oxygen atoms in total. The van der Waals surface area contributed by atoms with Gasteiger partial charge >= 0.3 is 16.2 Å². The van der Waals surface area contributed by atoms with Gasteiger partial charge in [-0.25, -0.2) is 4.79 Å². The minimum atomic E-state index is -4.82. The van der Waals surface area contributed by atoms with E-state index >= 15 is 0 Å². The lowest BCUT2D eigenvalue weighted by Crippen LogP contribution is -2.65. The standard InChI is InChI=1S/C28H29ClN2O12S/c1-6-12-39-31-27(35)41-22-20(33)26(42-28(3,4)24(22)38-5)40-18-11-10-17-19(32)23(44(36,37)43-21(17)14(18)2)25(34)30-16-9-7-8-15(29)13-16/h1,7-11,13,20,22,24,26,32-33H,12H2,2-5H3,(H,30,34)(H,31,35)/t20-,22+,24-,26-/m1/s1. The van der Waals surface area contributed by atoms with Crippen LogP contribution in [0.1, 0.15) is 25.0 Å². The second-order valence-corrected chi connectivity index (χ2v) is 12.0. The molecular weight excluding hydrogens is 624 g/mol. The number of anilines is 1. The fourth-order valence-corrected chi connectivity index (χ4v) is 6.01. The van der Waals surface area contributed by atoms with Crippen molar-refractivity contribution in [1.82, 2.24) is 5.48 Å². The third kappa shape index (κ3) is 6.70. The number of rotatable bonds is 8. The number of aliphatic hydroxyl groups is 2. The molecule has 0 aliphatic carbocycles. The Hall–Kier alpha value is -4.04. The summed E-state index contributed by atoms with van der Waals surface area (Å²) in [5.74, 6) is -0.189. The van der Waals surface area contributed by atoms with Crippen molar-refractivity contribution in [2.24, 2.45) is 0 Å². The first-order valence-electron chi connectivity index (χ1n) is 12.9. The summed E-state index contributed by atoms with van der Waals surface area (Å²) in [6.07, 6.45) is -1.37. The van der Waals surface area contributed by atoms with Gasteiger partial charge in [-0.05, 0) is 51.1 Å². The topological polar surface area (TPSA) is 188 Å². The molecule has 0 radical (unpaired) electrons. The van der Waals surface area contributed by atoms with Gasteiger partial charge in [0.2, 0.25) is 11.2 Å². The first kappa shape index (κ1) is 32.9. The van der Waals surface area contributed by atoms with Crippen LogP contribution < -0.4 is 19.7 Å². The first-order valence-corrected chi connectivity index (χ1v) is 14.6. The van der Waals surface area contributed by atoms with Crippen molar-refractivity contribution in [2.75, 3.05) is 19.0 Å². The lowest BCUT2D eigenvalue weighted by Gasteiger charge is -2.47. The molecule has 1 saturated heterocycles. The third-order valence-corrected chi connectivity index (χ3v) is 8.13. The van der Waals surface area contributed by atoms with Crippen molar-refractivity contribution >= 4 is 45.2 Å². The van der Waals surface area contributed by atoms with Gasteiger partial charge in [0.25, 0.3) is 5.91 Å². The van der Waals surface area contributed by atoms with Gasteiger partial charge in [-0.3, -0.25) is 9.63 Å². The van der Waals surface area contributed by atoms with E-state index in [2.05, 4.69) is 11.2 Å². The van der Waals surface area contributed by atoms with E-state index in [0.29, 0.717) is 5.02 Å². The van der Waals surface area contributed by atoms with Gasteiger partial charge in [0.05, 0.1) is 11.2 Å². The lowest BCUT2D eigenvalue weighted by molar-refractivity contribution is -0.305. The maximum Gasteiger partial charge on any atom is 0.431 e. The number of benzene rings is 2. The van der Waals surface area contributed by atoms with Gasteiger partial charge < -0.3 is 38.7 Å². The summed E-state index contributed by atoms with van der Waals surface area (Å²) in [6, 6.07) is 8.58. The second-order valence-electron chi connectivity index (χ2n) is 10.1. The minimum absolute atomic E-state index is 0.0187. The van der Waals surface area contributed by atoms with E-state index in [4.69, 9.17) is 46.0 Å². The molecule has 2 heterocycles. The molecule has 2 amide bonds. The van der Waals surface area contributed by atoms with Crippen LogP contribution in [0.3, 0.4) is 0 Å². The van der Waals surface area contributed by atoms with E-state index < -0.39 is 63.0 Å². The number of terminal acetylenes is 1. The summed E-state index contributed by atoms with van der Waals surface area (Å²) in [4.78, 5) is 28.9. The number of hydroxylamine groups is 1. The summed E-state index contributed by atoms with van der Waals surface area (Å²) in [5.41, 5.74) is 0.949.